The lowest BCUT2D eigenvalue weighted by Crippen LogP contribution is -2.61. The molecule has 0 saturated carbocycles. The Bertz CT molecular complexity index is 1260. The number of rotatable bonds is 4. The molecule has 2 unspecified atom stereocenters. The number of carbonyl (C=O) groups is 1. The zero-order chi connectivity index (χ0) is 25.4. The molecule has 1 saturated heterocycles. The van der Waals surface area contributed by atoms with Gasteiger partial charge in [0.2, 0.25) is 5.91 Å². The number of amides is 1. The van der Waals surface area contributed by atoms with Crippen LogP contribution in [-0.4, -0.2) is 31.6 Å². The number of benzene rings is 3. The molecular formula is C27H24F5N3O. The number of piperazine rings is 1. The van der Waals surface area contributed by atoms with Crippen LogP contribution in [0, 0.1) is 17.6 Å². The van der Waals surface area contributed by atoms with Crippen molar-refractivity contribution in [3.8, 4) is 0 Å². The zero-order valence-electron chi connectivity index (χ0n) is 19.2. The highest BCUT2D eigenvalue weighted by Crippen LogP contribution is 2.40. The number of fused-ring (bicyclic) bond motifs is 3. The molecule has 3 aromatic carbocycles. The number of nitrogens with zero attached hydrogens (tertiary/aromatic N) is 2. The van der Waals surface area contributed by atoms with Gasteiger partial charge in [-0.15, -0.1) is 0 Å². The number of anilines is 2. The van der Waals surface area contributed by atoms with Crippen LogP contribution in [0.1, 0.15) is 16.7 Å². The molecular weight excluding hydrogens is 477 g/mol. The van der Waals surface area contributed by atoms with Crippen molar-refractivity contribution in [2.24, 2.45) is 5.92 Å². The molecule has 2 heterocycles. The summed E-state index contributed by atoms with van der Waals surface area (Å²) in [7, 11) is 0. The average molecular weight is 501 g/mol. The first-order valence-electron chi connectivity index (χ1n) is 11.7. The molecule has 0 aromatic heterocycles. The van der Waals surface area contributed by atoms with Crippen molar-refractivity contribution in [2.75, 3.05) is 29.4 Å². The molecule has 3 aromatic rings. The molecule has 2 aliphatic heterocycles. The van der Waals surface area contributed by atoms with Gasteiger partial charge in [-0.05, 0) is 72.1 Å². The Morgan fingerprint density at radius 1 is 0.944 bits per heavy atom. The second-order valence-corrected chi connectivity index (χ2v) is 9.18. The van der Waals surface area contributed by atoms with E-state index in [0.717, 1.165) is 17.8 Å². The van der Waals surface area contributed by atoms with E-state index in [2.05, 4.69) is 10.2 Å². The lowest BCUT2D eigenvalue weighted by atomic mass is 9.82. The van der Waals surface area contributed by atoms with Gasteiger partial charge in [-0.3, -0.25) is 4.79 Å². The van der Waals surface area contributed by atoms with Crippen molar-refractivity contribution in [1.82, 2.24) is 5.32 Å². The van der Waals surface area contributed by atoms with Gasteiger partial charge in [0, 0.05) is 37.6 Å². The van der Waals surface area contributed by atoms with Crippen LogP contribution in [0.4, 0.5) is 33.3 Å². The summed E-state index contributed by atoms with van der Waals surface area (Å²) < 4.78 is 67.2. The highest BCUT2D eigenvalue weighted by molar-refractivity contribution is 5.82. The topological polar surface area (TPSA) is 35.6 Å². The maximum absolute atomic E-state index is 13.6. The normalized spacial score (nSPS) is 19.5. The summed E-state index contributed by atoms with van der Waals surface area (Å²) in [5.74, 6) is -1.70. The predicted molar refractivity (Wildman–Crippen MR) is 127 cm³/mol. The van der Waals surface area contributed by atoms with E-state index in [0.29, 0.717) is 36.4 Å². The van der Waals surface area contributed by atoms with Crippen LogP contribution in [0.15, 0.2) is 66.7 Å². The first-order valence-corrected chi connectivity index (χ1v) is 11.7. The number of hydrogen-bond acceptors (Lipinski definition) is 3. The van der Waals surface area contributed by atoms with E-state index in [4.69, 9.17) is 0 Å². The minimum atomic E-state index is -4.48. The minimum Gasteiger partial charge on any atom is -0.368 e. The molecule has 1 amide bonds. The van der Waals surface area contributed by atoms with Gasteiger partial charge in [-0.1, -0.05) is 12.1 Å². The zero-order valence-corrected chi connectivity index (χ0v) is 19.2. The number of nitrogens with one attached hydrogen (secondary N) is 1. The molecule has 1 fully saturated rings. The van der Waals surface area contributed by atoms with Crippen molar-refractivity contribution in [2.45, 2.75) is 25.2 Å². The van der Waals surface area contributed by atoms with Gasteiger partial charge >= 0.3 is 6.18 Å². The fraction of sp³-hybridized carbons (Fsp3) is 0.296. The van der Waals surface area contributed by atoms with E-state index in [-0.39, 0.29) is 30.7 Å². The largest absolute Gasteiger partial charge is 0.416 e. The fourth-order valence-corrected chi connectivity index (χ4v) is 5.15. The quantitative estimate of drug-likeness (QED) is 0.502. The van der Waals surface area contributed by atoms with E-state index in [1.165, 1.54) is 30.3 Å². The van der Waals surface area contributed by atoms with Crippen LogP contribution < -0.4 is 15.1 Å². The minimum absolute atomic E-state index is 0.108. The number of hydrogen-bond donors (Lipinski definition) is 1. The van der Waals surface area contributed by atoms with Crippen molar-refractivity contribution in [3.63, 3.8) is 0 Å². The Labute approximate surface area is 205 Å². The van der Waals surface area contributed by atoms with Gasteiger partial charge in [0.15, 0.2) is 0 Å². The summed E-state index contributed by atoms with van der Waals surface area (Å²) in [6, 6.07) is 15.4. The number of carbonyl (C=O) groups excluding carboxylic acids is 1. The van der Waals surface area contributed by atoms with Crippen LogP contribution in [-0.2, 0) is 23.9 Å². The molecule has 9 heteroatoms. The summed E-state index contributed by atoms with van der Waals surface area (Å²) in [5, 5.41) is 2.84. The highest BCUT2D eigenvalue weighted by atomic mass is 19.4. The van der Waals surface area contributed by atoms with E-state index in [1.807, 2.05) is 4.90 Å². The lowest BCUT2D eigenvalue weighted by molar-refractivity contribution is -0.137. The van der Waals surface area contributed by atoms with E-state index < -0.39 is 23.5 Å². The summed E-state index contributed by atoms with van der Waals surface area (Å²) in [6.45, 7) is 1.62. The van der Waals surface area contributed by atoms with Crippen LogP contribution >= 0.6 is 0 Å². The molecule has 0 radical (unpaired) electrons. The van der Waals surface area contributed by atoms with Gasteiger partial charge in [-0.2, -0.15) is 13.2 Å². The maximum atomic E-state index is 13.6. The lowest BCUT2D eigenvalue weighted by Gasteiger charge is -2.49. The number of halogens is 5. The number of alkyl halides is 3. The Hall–Kier alpha value is -3.62. The maximum Gasteiger partial charge on any atom is 0.416 e. The van der Waals surface area contributed by atoms with Crippen molar-refractivity contribution < 1.29 is 26.7 Å². The summed E-state index contributed by atoms with van der Waals surface area (Å²) in [5.41, 5.74) is 1.83. The van der Waals surface area contributed by atoms with Gasteiger partial charge in [-0.25, -0.2) is 8.78 Å². The predicted octanol–water partition coefficient (Wildman–Crippen LogP) is 5.17. The molecule has 4 nitrogen and oxygen atoms in total. The summed E-state index contributed by atoms with van der Waals surface area (Å²) >= 11 is 0. The standard InChI is InChI=1S/C27H24F5N3O/c28-20-5-7-22(8-6-20)34-10-11-35-24-9-4-19(27(30,31)32)13-18(24)14-23(25(35)16-34)26(36)33-15-17-2-1-3-21(29)12-17/h1-9,12-13,23,25H,10-11,14-16H2,(H,33,36). The Balaban J connectivity index is 1.44. The molecule has 188 valence electrons. The molecule has 0 bridgehead atoms. The monoisotopic (exact) mass is 501 g/mol. The molecule has 2 atom stereocenters. The first kappa shape index (κ1) is 24.1. The van der Waals surface area contributed by atoms with Crippen molar-refractivity contribution in [3.05, 3.63) is 95.1 Å². The van der Waals surface area contributed by atoms with Crippen molar-refractivity contribution >= 4 is 17.3 Å². The van der Waals surface area contributed by atoms with Crippen LogP contribution in [0.25, 0.3) is 0 Å². The molecule has 5 rings (SSSR count). The highest BCUT2D eigenvalue weighted by Gasteiger charge is 2.42. The second kappa shape index (κ2) is 9.44. The third-order valence-corrected chi connectivity index (χ3v) is 6.92. The van der Waals surface area contributed by atoms with Gasteiger partial charge in [0.1, 0.15) is 11.6 Å². The second-order valence-electron chi connectivity index (χ2n) is 9.18. The van der Waals surface area contributed by atoms with Gasteiger partial charge < -0.3 is 15.1 Å². The summed E-state index contributed by atoms with van der Waals surface area (Å²) in [4.78, 5) is 17.4. The molecule has 0 spiro atoms. The van der Waals surface area contributed by atoms with Gasteiger partial charge in [0.05, 0.1) is 17.5 Å². The fourth-order valence-electron chi connectivity index (χ4n) is 5.15. The van der Waals surface area contributed by atoms with Crippen LogP contribution in [0.2, 0.25) is 0 Å². The van der Waals surface area contributed by atoms with Crippen LogP contribution in [0.5, 0.6) is 0 Å². The molecule has 2 aliphatic rings. The van der Waals surface area contributed by atoms with Crippen molar-refractivity contribution in [1.29, 1.82) is 0 Å². The molecule has 1 N–H and O–H groups in total. The molecule has 36 heavy (non-hydrogen) atoms. The Morgan fingerprint density at radius 2 is 1.72 bits per heavy atom. The van der Waals surface area contributed by atoms with E-state index in [1.54, 1.807) is 24.3 Å². The third-order valence-electron chi connectivity index (χ3n) is 6.92. The Kier molecular flexibility index (Phi) is 6.32. The van der Waals surface area contributed by atoms with Crippen LogP contribution in [0.3, 0.4) is 0 Å². The van der Waals surface area contributed by atoms with Gasteiger partial charge in [0.25, 0.3) is 0 Å². The SMILES string of the molecule is O=C(NCc1cccc(F)c1)C1Cc2cc(C(F)(F)F)ccc2N2CCN(c3ccc(F)cc3)CC12. The smallest absolute Gasteiger partial charge is 0.368 e. The first-order chi connectivity index (χ1) is 17.2. The molecule has 0 aliphatic carbocycles. The van der Waals surface area contributed by atoms with E-state index >= 15 is 0 Å². The van der Waals surface area contributed by atoms with E-state index in [9.17, 15) is 26.7 Å². The third kappa shape index (κ3) is 4.87. The summed E-state index contributed by atoms with van der Waals surface area (Å²) in [6.07, 6.45) is -4.34. The average Bonchev–Trinajstić information content (AvgIpc) is 2.86. The Morgan fingerprint density at radius 3 is 2.44 bits per heavy atom.